The predicted octanol–water partition coefficient (Wildman–Crippen LogP) is 5.46. The molecule has 1 aromatic heterocycles. The van der Waals surface area contributed by atoms with E-state index in [-0.39, 0.29) is 22.2 Å². The van der Waals surface area contributed by atoms with Gasteiger partial charge in [-0.25, -0.2) is 4.79 Å². The van der Waals surface area contributed by atoms with Crippen LogP contribution in [-0.4, -0.2) is 33.1 Å². The van der Waals surface area contributed by atoms with Crippen LogP contribution >= 0.6 is 11.6 Å². The highest BCUT2D eigenvalue weighted by molar-refractivity contribution is 6.34. The number of carbonyl (C=O) groups excluding carboxylic acids is 2. The molecule has 1 aliphatic heterocycles. The molecule has 1 atom stereocenters. The molecular formula is C25H21ClN4O5. The maximum atomic E-state index is 13.0. The Morgan fingerprint density at radius 2 is 1.97 bits per heavy atom. The van der Waals surface area contributed by atoms with E-state index in [1.165, 1.54) is 24.3 Å². The first kappa shape index (κ1) is 24.0. The lowest BCUT2D eigenvalue weighted by atomic mass is 9.91. The highest BCUT2D eigenvalue weighted by atomic mass is 35.5. The molecule has 0 fully saturated rings. The summed E-state index contributed by atoms with van der Waals surface area (Å²) in [5, 5.41) is 14.0. The van der Waals surface area contributed by atoms with E-state index in [1.807, 2.05) is 0 Å². The lowest BCUT2D eigenvalue weighted by molar-refractivity contribution is -0.384. The number of aromatic nitrogens is 1. The molecule has 10 heteroatoms. The van der Waals surface area contributed by atoms with Gasteiger partial charge in [-0.3, -0.25) is 24.9 Å². The molecule has 0 bridgehead atoms. The predicted molar refractivity (Wildman–Crippen MR) is 132 cm³/mol. The second-order valence-corrected chi connectivity index (χ2v) is 9.26. The third kappa shape index (κ3) is 5.20. The molecule has 1 aliphatic rings. The standard InChI is InChI=1S/C25H21ClN4O5/c1-25(2,3)35-24(32)17-8-6-15(11-19(17)26)28-22(14-5-4-10-27-13-14)21-18-9-7-16(30(33)34)12-20(18)29-23(21)31/h4-13,21H,1-3H3,(H,29,31). The third-order valence-electron chi connectivity index (χ3n) is 5.13. The molecule has 3 aromatic rings. The second-order valence-electron chi connectivity index (χ2n) is 8.86. The van der Waals surface area contributed by atoms with E-state index in [0.29, 0.717) is 28.2 Å². The molecule has 1 N–H and O–H groups in total. The number of nitro groups is 1. The van der Waals surface area contributed by atoms with Crippen LogP contribution in [0.1, 0.15) is 48.2 Å². The van der Waals surface area contributed by atoms with Gasteiger partial charge in [0.15, 0.2) is 0 Å². The minimum Gasteiger partial charge on any atom is -0.456 e. The van der Waals surface area contributed by atoms with E-state index >= 15 is 0 Å². The molecule has 1 unspecified atom stereocenters. The maximum Gasteiger partial charge on any atom is 0.340 e. The molecule has 35 heavy (non-hydrogen) atoms. The van der Waals surface area contributed by atoms with Crippen molar-refractivity contribution in [3.8, 4) is 0 Å². The average Bonchev–Trinajstić information content (AvgIpc) is 3.11. The van der Waals surface area contributed by atoms with Crippen molar-refractivity contribution in [1.29, 1.82) is 0 Å². The number of rotatable bonds is 5. The summed E-state index contributed by atoms with van der Waals surface area (Å²) in [5.41, 5.74) is 1.67. The molecule has 2 aromatic carbocycles. The maximum absolute atomic E-state index is 13.0. The van der Waals surface area contributed by atoms with Gasteiger partial charge in [-0.1, -0.05) is 17.7 Å². The van der Waals surface area contributed by atoms with Crippen molar-refractivity contribution in [2.45, 2.75) is 32.3 Å². The van der Waals surface area contributed by atoms with Gasteiger partial charge < -0.3 is 10.1 Å². The number of nitrogens with one attached hydrogen (secondary N) is 1. The molecule has 4 rings (SSSR count). The summed E-state index contributed by atoms with van der Waals surface area (Å²) >= 11 is 6.37. The number of carbonyl (C=O) groups is 2. The summed E-state index contributed by atoms with van der Waals surface area (Å²) in [6.45, 7) is 5.28. The SMILES string of the molecule is CC(C)(C)OC(=O)c1ccc(N=C(c2cccnc2)C2C(=O)Nc3cc([N+](=O)[O-])ccc32)cc1Cl. The highest BCUT2D eigenvalue weighted by Gasteiger charge is 2.36. The molecule has 0 radical (unpaired) electrons. The van der Waals surface area contributed by atoms with Crippen LogP contribution in [0.3, 0.4) is 0 Å². The molecule has 178 valence electrons. The minimum atomic E-state index is -0.834. The number of esters is 1. The Morgan fingerprint density at radius 1 is 1.20 bits per heavy atom. The fraction of sp³-hybridized carbons (Fsp3) is 0.200. The van der Waals surface area contributed by atoms with Crippen LogP contribution in [0.25, 0.3) is 0 Å². The molecule has 0 spiro atoms. The van der Waals surface area contributed by atoms with Gasteiger partial charge in [0.25, 0.3) is 5.69 Å². The van der Waals surface area contributed by atoms with Gasteiger partial charge in [-0.15, -0.1) is 0 Å². The summed E-state index contributed by atoms with van der Waals surface area (Å²) in [4.78, 5) is 44.9. The number of pyridine rings is 1. The second kappa shape index (κ2) is 9.27. The molecule has 0 saturated heterocycles. The smallest absolute Gasteiger partial charge is 0.340 e. The largest absolute Gasteiger partial charge is 0.456 e. The van der Waals surface area contributed by atoms with Gasteiger partial charge in [0.2, 0.25) is 5.91 Å². The van der Waals surface area contributed by atoms with E-state index in [0.717, 1.165) is 0 Å². The number of aliphatic imine (C=N–C) groups is 1. The van der Waals surface area contributed by atoms with Gasteiger partial charge in [0.05, 0.1) is 32.6 Å². The first-order chi connectivity index (χ1) is 16.5. The topological polar surface area (TPSA) is 124 Å². The summed E-state index contributed by atoms with van der Waals surface area (Å²) < 4.78 is 5.39. The van der Waals surface area contributed by atoms with Crippen molar-refractivity contribution in [3.63, 3.8) is 0 Å². The highest BCUT2D eigenvalue weighted by Crippen LogP contribution is 2.38. The number of anilines is 1. The van der Waals surface area contributed by atoms with E-state index in [9.17, 15) is 19.7 Å². The average molecular weight is 493 g/mol. The number of fused-ring (bicyclic) bond motifs is 1. The van der Waals surface area contributed by atoms with Crippen molar-refractivity contribution in [3.05, 3.63) is 92.8 Å². The van der Waals surface area contributed by atoms with E-state index in [2.05, 4.69) is 10.3 Å². The van der Waals surface area contributed by atoms with Crippen molar-refractivity contribution in [2.24, 2.45) is 4.99 Å². The zero-order chi connectivity index (χ0) is 25.3. The summed E-state index contributed by atoms with van der Waals surface area (Å²) in [6.07, 6.45) is 3.17. The van der Waals surface area contributed by atoms with Crippen LogP contribution in [0.2, 0.25) is 5.02 Å². The van der Waals surface area contributed by atoms with Gasteiger partial charge in [0.1, 0.15) is 11.5 Å². The van der Waals surface area contributed by atoms with Crippen molar-refractivity contribution in [1.82, 2.24) is 4.98 Å². The Balaban J connectivity index is 1.78. The number of halogens is 1. The van der Waals surface area contributed by atoms with Gasteiger partial charge in [-0.05, 0) is 56.7 Å². The number of hydrogen-bond acceptors (Lipinski definition) is 7. The number of amides is 1. The van der Waals surface area contributed by atoms with E-state index in [1.54, 1.807) is 57.4 Å². The molecule has 1 amide bonds. The Hall–Kier alpha value is -4.11. The van der Waals surface area contributed by atoms with Gasteiger partial charge in [0, 0.05) is 30.1 Å². The lowest BCUT2D eigenvalue weighted by Crippen LogP contribution is -2.24. The number of non-ortho nitro benzene ring substituents is 1. The molecule has 9 nitrogen and oxygen atoms in total. The Morgan fingerprint density at radius 3 is 2.60 bits per heavy atom. The van der Waals surface area contributed by atoms with Crippen LogP contribution in [0.4, 0.5) is 17.1 Å². The summed E-state index contributed by atoms with van der Waals surface area (Å²) in [6, 6.07) is 12.3. The van der Waals surface area contributed by atoms with Crippen LogP contribution in [0.5, 0.6) is 0 Å². The molecule has 0 saturated carbocycles. The summed E-state index contributed by atoms with van der Waals surface area (Å²) in [7, 11) is 0. The zero-order valence-electron chi connectivity index (χ0n) is 19.1. The zero-order valence-corrected chi connectivity index (χ0v) is 19.9. The Bertz CT molecular complexity index is 1370. The number of hydrogen-bond donors (Lipinski definition) is 1. The monoisotopic (exact) mass is 492 g/mol. The summed E-state index contributed by atoms with van der Waals surface area (Å²) in [5.74, 6) is -1.77. The Kier molecular flexibility index (Phi) is 6.36. The minimum absolute atomic E-state index is 0.130. The quantitative estimate of drug-likeness (QED) is 0.218. The lowest BCUT2D eigenvalue weighted by Gasteiger charge is -2.20. The number of nitrogens with zero attached hydrogens (tertiary/aromatic N) is 3. The number of nitro benzene ring substituents is 1. The normalized spacial score (nSPS) is 15.4. The molecule has 0 aliphatic carbocycles. The van der Waals surface area contributed by atoms with E-state index in [4.69, 9.17) is 21.3 Å². The Labute approximate surface area is 206 Å². The van der Waals surface area contributed by atoms with Crippen molar-refractivity contribution < 1.29 is 19.2 Å². The first-order valence-corrected chi connectivity index (χ1v) is 11.0. The van der Waals surface area contributed by atoms with Crippen LogP contribution < -0.4 is 5.32 Å². The van der Waals surface area contributed by atoms with E-state index < -0.39 is 22.4 Å². The van der Waals surface area contributed by atoms with Crippen LogP contribution in [0, 0.1) is 10.1 Å². The van der Waals surface area contributed by atoms with Crippen molar-refractivity contribution in [2.75, 3.05) is 5.32 Å². The van der Waals surface area contributed by atoms with Gasteiger partial charge in [-0.2, -0.15) is 0 Å². The van der Waals surface area contributed by atoms with Gasteiger partial charge >= 0.3 is 5.97 Å². The number of ether oxygens (including phenoxy) is 1. The first-order valence-electron chi connectivity index (χ1n) is 10.6. The van der Waals surface area contributed by atoms with Crippen molar-refractivity contribution >= 4 is 46.3 Å². The fourth-order valence-corrected chi connectivity index (χ4v) is 3.91. The van der Waals surface area contributed by atoms with Crippen LogP contribution in [-0.2, 0) is 9.53 Å². The molecule has 2 heterocycles. The number of benzene rings is 2. The molecular weight excluding hydrogens is 472 g/mol. The third-order valence-corrected chi connectivity index (χ3v) is 5.44. The van der Waals surface area contributed by atoms with Crippen LogP contribution in [0.15, 0.2) is 65.9 Å². The fourth-order valence-electron chi connectivity index (χ4n) is 3.66.